The molecule has 2 fully saturated rings. The molecule has 4 nitrogen and oxygen atoms in total. The van der Waals surface area contributed by atoms with Crippen LogP contribution >= 0.6 is 0 Å². The zero-order chi connectivity index (χ0) is 13.4. The zero-order valence-corrected chi connectivity index (χ0v) is 11.5. The highest BCUT2D eigenvalue weighted by atomic mass is 16.6. The van der Waals surface area contributed by atoms with Gasteiger partial charge in [-0.15, -0.1) is 0 Å². The van der Waals surface area contributed by atoms with Crippen LogP contribution in [0.25, 0.3) is 0 Å². The summed E-state index contributed by atoms with van der Waals surface area (Å²) in [6, 6.07) is 0. The molecule has 0 aromatic rings. The molecule has 0 unspecified atom stereocenters. The largest absolute Gasteiger partial charge is 0.458 e. The molecule has 0 aromatic heterocycles. The quantitative estimate of drug-likeness (QED) is 0.729. The smallest absolute Gasteiger partial charge is 0.307 e. The fraction of sp³-hybridized carbons (Fsp3) is 0.857. The Morgan fingerprint density at radius 2 is 1.89 bits per heavy atom. The van der Waals surface area contributed by atoms with E-state index >= 15 is 0 Å². The van der Waals surface area contributed by atoms with Gasteiger partial charge in [-0.1, -0.05) is 6.42 Å². The topological polar surface area (TPSA) is 55.4 Å². The Bertz CT molecular complexity index is 351. The van der Waals surface area contributed by atoms with Crippen molar-refractivity contribution >= 4 is 11.9 Å². The first-order valence-corrected chi connectivity index (χ1v) is 6.86. The van der Waals surface area contributed by atoms with Gasteiger partial charge in [0.15, 0.2) is 0 Å². The molecular weight excluding hydrogens is 230 g/mol. The Morgan fingerprint density at radius 1 is 1.28 bits per heavy atom. The summed E-state index contributed by atoms with van der Waals surface area (Å²) < 4.78 is 5.54. The summed E-state index contributed by atoms with van der Waals surface area (Å²) in [5, 5.41) is 2.98. The number of nitrogens with one attached hydrogen (secondary N) is 1. The van der Waals surface area contributed by atoms with Gasteiger partial charge >= 0.3 is 5.97 Å². The summed E-state index contributed by atoms with van der Waals surface area (Å²) in [7, 11) is 0. The number of carbonyl (C=O) groups excluding carboxylic acids is 2. The molecule has 2 aliphatic rings. The highest BCUT2D eigenvalue weighted by Crippen LogP contribution is 2.44. The third-order valence-corrected chi connectivity index (χ3v) is 3.84. The van der Waals surface area contributed by atoms with Gasteiger partial charge in [-0.05, 0) is 46.5 Å². The minimum atomic E-state index is -0.509. The van der Waals surface area contributed by atoms with Crippen molar-refractivity contribution in [2.24, 2.45) is 5.92 Å². The molecule has 18 heavy (non-hydrogen) atoms. The van der Waals surface area contributed by atoms with E-state index in [-0.39, 0.29) is 29.8 Å². The highest BCUT2D eigenvalue weighted by molar-refractivity contribution is 5.88. The van der Waals surface area contributed by atoms with Crippen molar-refractivity contribution in [3.05, 3.63) is 0 Å². The van der Waals surface area contributed by atoms with Gasteiger partial charge in [0, 0.05) is 5.54 Å². The third-order valence-electron chi connectivity index (χ3n) is 3.84. The van der Waals surface area contributed by atoms with Crippen LogP contribution in [0.3, 0.4) is 0 Å². The maximum absolute atomic E-state index is 12.3. The summed E-state index contributed by atoms with van der Waals surface area (Å²) in [5.41, 5.74) is -0.775. The number of esters is 1. The first-order valence-electron chi connectivity index (χ1n) is 6.86. The molecule has 1 heterocycles. The Labute approximate surface area is 108 Å². The molecule has 0 aromatic carbocycles. The summed E-state index contributed by atoms with van der Waals surface area (Å²) in [6.45, 7) is 5.86. The fourth-order valence-corrected chi connectivity index (χ4v) is 3.08. The normalized spacial score (nSPS) is 27.1. The summed E-state index contributed by atoms with van der Waals surface area (Å²) in [6.07, 6.45) is 5.18. The monoisotopic (exact) mass is 253 g/mol. The first-order chi connectivity index (χ1) is 8.32. The van der Waals surface area contributed by atoms with Gasteiger partial charge in [-0.3, -0.25) is 9.59 Å². The lowest BCUT2D eigenvalue weighted by molar-refractivity contribution is -0.153. The average Bonchev–Trinajstić information content (AvgIpc) is 2.54. The maximum atomic E-state index is 12.3. The van der Waals surface area contributed by atoms with E-state index in [1.54, 1.807) is 0 Å². The van der Waals surface area contributed by atoms with Crippen LogP contribution in [-0.4, -0.2) is 23.0 Å². The summed E-state index contributed by atoms with van der Waals surface area (Å²) >= 11 is 0. The number of rotatable bonds is 1. The van der Waals surface area contributed by atoms with Crippen molar-refractivity contribution in [2.75, 3.05) is 0 Å². The van der Waals surface area contributed by atoms with Crippen LogP contribution in [0.5, 0.6) is 0 Å². The van der Waals surface area contributed by atoms with E-state index in [0.29, 0.717) is 0 Å². The van der Waals surface area contributed by atoms with Gasteiger partial charge in [0.05, 0.1) is 12.3 Å². The zero-order valence-electron chi connectivity index (χ0n) is 11.5. The molecule has 0 radical (unpaired) electrons. The lowest BCUT2D eigenvalue weighted by atomic mass is 9.75. The van der Waals surface area contributed by atoms with Crippen LogP contribution in [0.4, 0.5) is 0 Å². The summed E-state index contributed by atoms with van der Waals surface area (Å²) in [5.74, 6) is -0.550. The van der Waals surface area contributed by atoms with E-state index in [9.17, 15) is 9.59 Å². The first kappa shape index (κ1) is 13.4. The lowest BCUT2D eigenvalue weighted by Crippen LogP contribution is -2.50. The second kappa shape index (κ2) is 4.56. The van der Waals surface area contributed by atoms with Gasteiger partial charge in [-0.2, -0.15) is 0 Å². The molecule has 1 N–H and O–H groups in total. The average molecular weight is 253 g/mol. The predicted octanol–water partition coefficient (Wildman–Crippen LogP) is 2.17. The molecule has 1 aliphatic carbocycles. The van der Waals surface area contributed by atoms with E-state index in [0.717, 1.165) is 25.7 Å². The van der Waals surface area contributed by atoms with Crippen LogP contribution in [0.1, 0.15) is 59.3 Å². The van der Waals surface area contributed by atoms with E-state index in [1.165, 1.54) is 6.42 Å². The number of carbonyl (C=O) groups is 2. The molecular formula is C14H23NO3. The van der Waals surface area contributed by atoms with Gasteiger partial charge in [0.1, 0.15) is 5.60 Å². The van der Waals surface area contributed by atoms with E-state index < -0.39 is 5.60 Å². The van der Waals surface area contributed by atoms with Crippen molar-refractivity contribution in [2.45, 2.75) is 70.4 Å². The van der Waals surface area contributed by atoms with Gasteiger partial charge in [0.2, 0.25) is 5.91 Å². The minimum Gasteiger partial charge on any atom is -0.458 e. The van der Waals surface area contributed by atoms with Gasteiger partial charge < -0.3 is 10.1 Å². The van der Waals surface area contributed by atoms with Crippen molar-refractivity contribution in [3.8, 4) is 0 Å². The number of hydrogen-bond donors (Lipinski definition) is 1. The van der Waals surface area contributed by atoms with Crippen LogP contribution < -0.4 is 5.32 Å². The molecule has 1 saturated carbocycles. The van der Waals surface area contributed by atoms with Crippen molar-refractivity contribution in [1.82, 2.24) is 5.32 Å². The minimum absolute atomic E-state index is 0.0322. The molecule has 1 saturated heterocycles. The molecule has 1 spiro atoms. The molecule has 0 bridgehead atoms. The van der Waals surface area contributed by atoms with E-state index in [1.807, 2.05) is 20.8 Å². The highest BCUT2D eigenvalue weighted by Gasteiger charge is 2.53. The standard InChI is InChI=1S/C14H23NO3/c1-13(2,3)15-12(17)10-9-11(16)18-14(10)7-5-4-6-8-14/h10H,4-9H2,1-3H3,(H,15,17)/t10-/m1/s1. The number of amides is 1. The maximum Gasteiger partial charge on any atom is 0.307 e. The van der Waals surface area contributed by atoms with Crippen molar-refractivity contribution in [1.29, 1.82) is 0 Å². The molecule has 2 rings (SSSR count). The molecule has 1 amide bonds. The van der Waals surface area contributed by atoms with Crippen LogP contribution in [0, 0.1) is 5.92 Å². The Balaban J connectivity index is 2.14. The fourth-order valence-electron chi connectivity index (χ4n) is 3.08. The van der Waals surface area contributed by atoms with Gasteiger partial charge in [-0.25, -0.2) is 0 Å². The molecule has 1 aliphatic heterocycles. The second-order valence-corrected chi connectivity index (χ2v) is 6.60. The molecule has 4 heteroatoms. The van der Waals surface area contributed by atoms with E-state index in [2.05, 4.69) is 5.32 Å². The predicted molar refractivity (Wildman–Crippen MR) is 67.9 cm³/mol. The second-order valence-electron chi connectivity index (χ2n) is 6.60. The Hall–Kier alpha value is -1.06. The molecule has 102 valence electrons. The SMILES string of the molecule is CC(C)(C)NC(=O)[C@H]1CC(=O)OC12CCCCC2. The summed E-state index contributed by atoms with van der Waals surface area (Å²) in [4.78, 5) is 23.9. The van der Waals surface area contributed by atoms with Crippen molar-refractivity contribution < 1.29 is 14.3 Å². The number of ether oxygens (including phenoxy) is 1. The van der Waals surface area contributed by atoms with Crippen LogP contribution in [-0.2, 0) is 14.3 Å². The van der Waals surface area contributed by atoms with Crippen LogP contribution in [0.2, 0.25) is 0 Å². The molecule has 1 atom stereocenters. The number of hydrogen-bond acceptors (Lipinski definition) is 3. The van der Waals surface area contributed by atoms with Crippen molar-refractivity contribution in [3.63, 3.8) is 0 Å². The Kier molecular flexibility index (Phi) is 3.39. The lowest BCUT2D eigenvalue weighted by Gasteiger charge is -2.37. The van der Waals surface area contributed by atoms with Gasteiger partial charge in [0.25, 0.3) is 0 Å². The third kappa shape index (κ3) is 2.68. The van der Waals surface area contributed by atoms with Crippen LogP contribution in [0.15, 0.2) is 0 Å². The van der Waals surface area contributed by atoms with E-state index in [4.69, 9.17) is 4.74 Å². The Morgan fingerprint density at radius 3 is 2.44 bits per heavy atom.